The number of nitrogens with zero attached hydrogens (tertiary/aromatic N) is 1. The summed E-state index contributed by atoms with van der Waals surface area (Å²) < 4.78 is 7.30. The first-order valence-electron chi connectivity index (χ1n) is 23.8. The average molecular weight is 878 g/mol. The number of hydrogen-bond donors (Lipinski definition) is 0. The van der Waals surface area contributed by atoms with Crippen molar-refractivity contribution >= 4 is 39.0 Å². The number of fused-ring (bicyclic) bond motifs is 13. The van der Waals surface area contributed by atoms with E-state index in [4.69, 9.17) is 4.42 Å². The highest BCUT2D eigenvalue weighted by molar-refractivity contribution is 6.23. The third kappa shape index (κ3) is 5.86. The summed E-state index contributed by atoms with van der Waals surface area (Å²) in [5.41, 5.74) is 24.0. The zero-order chi connectivity index (χ0) is 45.5. The van der Waals surface area contributed by atoms with Crippen LogP contribution in [0.25, 0.3) is 88.7 Å². The Kier molecular flexibility index (Phi) is 8.84. The van der Waals surface area contributed by atoms with E-state index in [0.717, 1.165) is 50.1 Å². The van der Waals surface area contributed by atoms with Gasteiger partial charge in [-0.1, -0.05) is 218 Å². The van der Waals surface area contributed by atoms with Gasteiger partial charge in [0.25, 0.3) is 0 Å². The largest absolute Gasteiger partial charge is 0.455 e. The first kappa shape index (κ1) is 39.2. The maximum Gasteiger partial charge on any atom is 0.144 e. The molecular formula is C67H43NO. The molecule has 11 aromatic carbocycles. The van der Waals surface area contributed by atoms with Gasteiger partial charge in [0, 0.05) is 39.0 Å². The summed E-state index contributed by atoms with van der Waals surface area (Å²) in [7, 11) is 0. The van der Waals surface area contributed by atoms with Crippen LogP contribution in [0.4, 0.5) is 17.1 Å². The highest BCUT2D eigenvalue weighted by Gasteiger charge is 2.54. The lowest BCUT2D eigenvalue weighted by molar-refractivity contribution is 0.668. The molecule has 0 amide bonds. The molecule has 2 heteroatoms. The SMILES string of the molecule is c1ccc(-c2ccc(N(c3ccc(-c4ccccc4)cc3)c3ccc(-c4c5c(c(-c6ccccc6)c6c4oc4ccccc46)-c4ccccc4C54c5ccccc5-c5ccccc54)cc3)cc2)cc1. The van der Waals surface area contributed by atoms with E-state index in [1.54, 1.807) is 0 Å². The molecule has 12 aromatic rings. The normalized spacial score (nSPS) is 12.8. The molecule has 0 atom stereocenters. The molecule has 1 spiro atoms. The molecule has 0 saturated heterocycles. The quantitative estimate of drug-likeness (QED) is 0.159. The minimum Gasteiger partial charge on any atom is -0.455 e. The van der Waals surface area contributed by atoms with E-state index in [0.29, 0.717) is 0 Å². The van der Waals surface area contributed by atoms with Gasteiger partial charge in [0.05, 0.1) is 5.41 Å². The van der Waals surface area contributed by atoms with E-state index in [-0.39, 0.29) is 0 Å². The Morgan fingerprint density at radius 1 is 0.290 bits per heavy atom. The minimum atomic E-state index is -0.614. The van der Waals surface area contributed by atoms with E-state index < -0.39 is 5.41 Å². The lowest BCUT2D eigenvalue weighted by Crippen LogP contribution is -2.26. The van der Waals surface area contributed by atoms with Gasteiger partial charge in [-0.05, 0) is 120 Å². The Morgan fingerprint density at radius 3 is 1.19 bits per heavy atom. The zero-order valence-electron chi connectivity index (χ0n) is 37.7. The fraction of sp³-hybridized carbons (Fsp3) is 0.0149. The van der Waals surface area contributed by atoms with Crippen molar-refractivity contribution in [1.29, 1.82) is 0 Å². The molecule has 1 aromatic heterocycles. The molecule has 322 valence electrons. The maximum absolute atomic E-state index is 7.30. The third-order valence-electron chi connectivity index (χ3n) is 14.7. The van der Waals surface area contributed by atoms with Gasteiger partial charge in [-0.3, -0.25) is 0 Å². The number of benzene rings is 11. The first-order chi connectivity index (χ1) is 34.3. The molecule has 0 N–H and O–H groups in total. The van der Waals surface area contributed by atoms with Gasteiger partial charge >= 0.3 is 0 Å². The molecule has 1 heterocycles. The van der Waals surface area contributed by atoms with Gasteiger partial charge in [0.1, 0.15) is 11.2 Å². The third-order valence-corrected chi connectivity index (χ3v) is 14.7. The van der Waals surface area contributed by atoms with Crippen molar-refractivity contribution in [2.45, 2.75) is 5.41 Å². The van der Waals surface area contributed by atoms with Crippen molar-refractivity contribution in [1.82, 2.24) is 0 Å². The van der Waals surface area contributed by atoms with Crippen molar-refractivity contribution in [3.05, 3.63) is 283 Å². The van der Waals surface area contributed by atoms with Crippen LogP contribution in [-0.2, 0) is 5.41 Å². The topological polar surface area (TPSA) is 16.4 Å². The molecule has 0 fully saturated rings. The van der Waals surface area contributed by atoms with Crippen LogP contribution < -0.4 is 4.90 Å². The number of furan rings is 1. The van der Waals surface area contributed by atoms with Crippen molar-refractivity contribution in [2.75, 3.05) is 4.90 Å². The van der Waals surface area contributed by atoms with E-state index >= 15 is 0 Å². The molecular weight excluding hydrogens is 835 g/mol. The zero-order valence-corrected chi connectivity index (χ0v) is 37.7. The van der Waals surface area contributed by atoms with E-state index in [1.807, 2.05) is 0 Å². The molecule has 14 rings (SSSR count). The summed E-state index contributed by atoms with van der Waals surface area (Å²) in [5.74, 6) is 0. The van der Waals surface area contributed by atoms with Gasteiger partial charge in [-0.2, -0.15) is 0 Å². The highest BCUT2D eigenvalue weighted by atomic mass is 16.3. The Morgan fingerprint density at radius 2 is 0.667 bits per heavy atom. The van der Waals surface area contributed by atoms with Crippen LogP contribution in [0.3, 0.4) is 0 Å². The second-order valence-corrected chi connectivity index (χ2v) is 18.3. The van der Waals surface area contributed by atoms with Crippen LogP contribution in [0.5, 0.6) is 0 Å². The Balaban J connectivity index is 1.04. The summed E-state index contributed by atoms with van der Waals surface area (Å²) >= 11 is 0. The van der Waals surface area contributed by atoms with Crippen molar-refractivity contribution < 1.29 is 4.42 Å². The number of anilines is 3. The molecule has 2 nitrogen and oxygen atoms in total. The van der Waals surface area contributed by atoms with Crippen LogP contribution >= 0.6 is 0 Å². The van der Waals surface area contributed by atoms with Crippen LogP contribution in [0.2, 0.25) is 0 Å². The van der Waals surface area contributed by atoms with E-state index in [9.17, 15) is 0 Å². The van der Waals surface area contributed by atoms with Crippen molar-refractivity contribution in [2.24, 2.45) is 0 Å². The number of para-hydroxylation sites is 1. The Bertz CT molecular complexity index is 3780. The second-order valence-electron chi connectivity index (χ2n) is 18.3. The number of hydrogen-bond acceptors (Lipinski definition) is 2. The van der Waals surface area contributed by atoms with Gasteiger partial charge in [-0.25, -0.2) is 0 Å². The monoisotopic (exact) mass is 877 g/mol. The molecule has 69 heavy (non-hydrogen) atoms. The number of rotatable bonds is 7. The van der Waals surface area contributed by atoms with Crippen LogP contribution in [0.1, 0.15) is 22.3 Å². The van der Waals surface area contributed by atoms with Gasteiger partial charge in [0.2, 0.25) is 0 Å². The summed E-state index contributed by atoms with van der Waals surface area (Å²) in [6.07, 6.45) is 0. The first-order valence-corrected chi connectivity index (χ1v) is 23.8. The smallest absolute Gasteiger partial charge is 0.144 e. The minimum absolute atomic E-state index is 0.614. The van der Waals surface area contributed by atoms with Gasteiger partial charge in [-0.15, -0.1) is 0 Å². The molecule has 0 aliphatic heterocycles. The van der Waals surface area contributed by atoms with Crippen LogP contribution in [0.15, 0.2) is 265 Å². The van der Waals surface area contributed by atoms with Crippen LogP contribution in [0, 0.1) is 0 Å². The molecule has 2 aliphatic carbocycles. The molecule has 2 aliphatic rings. The Hall–Kier alpha value is -8.98. The summed E-state index contributed by atoms with van der Waals surface area (Å²) in [5, 5.41) is 2.25. The molecule has 0 unspecified atom stereocenters. The standard InChI is InChI=1S/C67H43NO/c1-4-18-44(19-5-1)46-32-38-50(39-33-46)68(51-40-34-47(35-41-51)45-20-6-2-7-21-45)52-42-36-49(37-43-52)62-65-63(61(48-22-8-3-9-23-48)64-56-27-13-17-31-60(56)69-66(62)64)55-26-12-16-30-59(55)67(65)57-28-14-10-24-53(57)54-25-11-15-29-58(54)67/h1-43H. The lowest BCUT2D eigenvalue weighted by atomic mass is 9.68. The van der Waals surface area contributed by atoms with E-state index in [1.165, 1.54) is 77.9 Å². The predicted molar refractivity (Wildman–Crippen MR) is 286 cm³/mol. The second kappa shape index (κ2) is 15.6. The summed E-state index contributed by atoms with van der Waals surface area (Å²) in [6.45, 7) is 0. The summed E-state index contributed by atoms with van der Waals surface area (Å²) in [4.78, 5) is 2.37. The maximum atomic E-state index is 7.30. The Labute approximate surface area is 401 Å². The molecule has 0 bridgehead atoms. The lowest BCUT2D eigenvalue weighted by Gasteiger charge is -2.33. The predicted octanol–water partition coefficient (Wildman–Crippen LogP) is 18.1. The van der Waals surface area contributed by atoms with E-state index in [2.05, 4.69) is 266 Å². The van der Waals surface area contributed by atoms with Gasteiger partial charge in [0.15, 0.2) is 0 Å². The van der Waals surface area contributed by atoms with Crippen LogP contribution in [-0.4, -0.2) is 0 Å². The van der Waals surface area contributed by atoms with Gasteiger partial charge < -0.3 is 9.32 Å². The molecule has 0 saturated carbocycles. The molecule has 0 radical (unpaired) electrons. The average Bonchev–Trinajstić information content (AvgIpc) is 4.06. The van der Waals surface area contributed by atoms with Crippen molar-refractivity contribution in [3.8, 4) is 66.8 Å². The fourth-order valence-corrected chi connectivity index (χ4v) is 11.8. The van der Waals surface area contributed by atoms with Crippen molar-refractivity contribution in [3.63, 3.8) is 0 Å². The fourth-order valence-electron chi connectivity index (χ4n) is 11.8. The summed E-state index contributed by atoms with van der Waals surface area (Å²) in [6, 6.07) is 95.2. The highest BCUT2D eigenvalue weighted by Crippen LogP contribution is 2.67.